The number of hydrogen-bond acceptors (Lipinski definition) is 3. The molecule has 6 heteroatoms. The third-order valence-electron chi connectivity index (χ3n) is 3.44. The van der Waals surface area contributed by atoms with Crippen LogP contribution in [0, 0.1) is 0 Å². The van der Waals surface area contributed by atoms with Gasteiger partial charge in [0.05, 0.1) is 6.10 Å². The first-order valence-corrected chi connectivity index (χ1v) is 6.58. The van der Waals surface area contributed by atoms with Gasteiger partial charge >= 0.3 is 6.43 Å². The molecule has 4 nitrogen and oxygen atoms in total. The second-order valence-corrected chi connectivity index (χ2v) is 5.00. The van der Waals surface area contributed by atoms with Crippen LogP contribution in [0.2, 0.25) is 0 Å². The lowest BCUT2D eigenvalue weighted by molar-refractivity contribution is -0.131. The van der Waals surface area contributed by atoms with Crippen LogP contribution in [0.4, 0.5) is 8.78 Å². The zero-order valence-corrected chi connectivity index (χ0v) is 11.0. The van der Waals surface area contributed by atoms with Gasteiger partial charge < -0.3 is 10.4 Å². The Morgan fingerprint density at radius 2 is 2.10 bits per heavy atom. The first kappa shape index (κ1) is 14.9. The number of aliphatic hydroxyl groups is 1. The van der Waals surface area contributed by atoms with Gasteiger partial charge in [-0.2, -0.15) is 8.78 Å². The molecule has 20 heavy (non-hydrogen) atoms. The van der Waals surface area contributed by atoms with E-state index in [1.807, 2.05) is 35.2 Å². The van der Waals surface area contributed by atoms with Gasteiger partial charge in [-0.3, -0.25) is 9.69 Å². The Balaban J connectivity index is 1.91. The number of rotatable bonds is 5. The summed E-state index contributed by atoms with van der Waals surface area (Å²) in [4.78, 5) is 12.9. The number of halogens is 2. The average Bonchev–Trinajstić information content (AvgIpc) is 2.77. The van der Waals surface area contributed by atoms with Crippen LogP contribution < -0.4 is 5.32 Å². The maximum atomic E-state index is 12.1. The van der Waals surface area contributed by atoms with Crippen LogP contribution in [0.5, 0.6) is 0 Å². The molecule has 0 aromatic heterocycles. The van der Waals surface area contributed by atoms with Gasteiger partial charge in [0.15, 0.2) is 0 Å². The quantitative estimate of drug-likeness (QED) is 0.848. The van der Waals surface area contributed by atoms with Crippen LogP contribution in [0.15, 0.2) is 30.3 Å². The average molecular weight is 284 g/mol. The Morgan fingerprint density at radius 1 is 1.40 bits per heavy atom. The van der Waals surface area contributed by atoms with E-state index in [-0.39, 0.29) is 12.6 Å². The normalized spacial score (nSPS) is 23.2. The number of benzene rings is 1. The highest BCUT2D eigenvalue weighted by molar-refractivity contribution is 5.79. The lowest BCUT2D eigenvalue weighted by Gasteiger charge is -2.24. The molecule has 1 aliphatic rings. The van der Waals surface area contributed by atoms with Gasteiger partial charge in [0.25, 0.3) is 5.91 Å². The zero-order valence-electron chi connectivity index (χ0n) is 11.0. The molecule has 0 spiro atoms. The molecule has 1 fully saturated rings. The van der Waals surface area contributed by atoms with Crippen molar-refractivity contribution in [3.8, 4) is 0 Å². The van der Waals surface area contributed by atoms with Crippen molar-refractivity contribution < 1.29 is 18.7 Å². The first-order valence-electron chi connectivity index (χ1n) is 6.58. The molecule has 0 saturated carbocycles. The maximum absolute atomic E-state index is 12.1. The Labute approximate surface area is 116 Å². The van der Waals surface area contributed by atoms with E-state index in [0.29, 0.717) is 19.5 Å². The summed E-state index contributed by atoms with van der Waals surface area (Å²) in [6.07, 6.45) is -2.99. The van der Waals surface area contributed by atoms with Crippen molar-refractivity contribution >= 4 is 5.91 Å². The molecule has 1 saturated heterocycles. The topological polar surface area (TPSA) is 52.6 Å². The SMILES string of the molecule is O=C(NC[C@H]1C[C@@H](O)CN1Cc1ccccc1)C(F)F. The van der Waals surface area contributed by atoms with Crippen molar-refractivity contribution in [2.24, 2.45) is 0 Å². The van der Waals surface area contributed by atoms with Crippen molar-refractivity contribution in [1.82, 2.24) is 10.2 Å². The summed E-state index contributed by atoms with van der Waals surface area (Å²) < 4.78 is 24.3. The van der Waals surface area contributed by atoms with Gasteiger partial charge in [-0.05, 0) is 12.0 Å². The number of β-amino-alcohol motifs (C(OH)–C–C–N with tert-alkyl or cyclic N) is 1. The molecule has 110 valence electrons. The molecule has 1 heterocycles. The Morgan fingerprint density at radius 3 is 2.75 bits per heavy atom. The fraction of sp³-hybridized carbons (Fsp3) is 0.500. The van der Waals surface area contributed by atoms with Crippen molar-refractivity contribution in [3.63, 3.8) is 0 Å². The predicted octanol–water partition coefficient (Wildman–Crippen LogP) is 1.00. The van der Waals surface area contributed by atoms with E-state index < -0.39 is 18.4 Å². The molecular formula is C14H18F2N2O2. The van der Waals surface area contributed by atoms with Crippen molar-refractivity contribution in [2.45, 2.75) is 31.5 Å². The number of carbonyl (C=O) groups is 1. The van der Waals surface area contributed by atoms with Crippen LogP contribution in [0.25, 0.3) is 0 Å². The minimum Gasteiger partial charge on any atom is -0.392 e. The van der Waals surface area contributed by atoms with E-state index >= 15 is 0 Å². The fourth-order valence-corrected chi connectivity index (χ4v) is 2.48. The third-order valence-corrected chi connectivity index (χ3v) is 3.44. The zero-order chi connectivity index (χ0) is 14.5. The van der Waals surface area contributed by atoms with Gasteiger partial charge in [-0.15, -0.1) is 0 Å². The second kappa shape index (κ2) is 6.76. The highest BCUT2D eigenvalue weighted by Crippen LogP contribution is 2.20. The number of nitrogens with zero attached hydrogens (tertiary/aromatic N) is 1. The molecule has 1 amide bonds. The standard InChI is InChI=1S/C14H18F2N2O2/c15-13(16)14(20)17-7-11-6-12(19)9-18(11)8-10-4-2-1-3-5-10/h1-5,11-13,19H,6-9H2,(H,17,20)/t11-,12-/m1/s1. The maximum Gasteiger partial charge on any atom is 0.315 e. The predicted molar refractivity (Wildman–Crippen MR) is 70.3 cm³/mol. The Bertz CT molecular complexity index is 442. The van der Waals surface area contributed by atoms with Crippen LogP contribution >= 0.6 is 0 Å². The number of nitrogens with one attached hydrogen (secondary N) is 1. The smallest absolute Gasteiger partial charge is 0.315 e. The Kier molecular flexibility index (Phi) is 5.03. The monoisotopic (exact) mass is 284 g/mol. The molecule has 1 aromatic rings. The molecular weight excluding hydrogens is 266 g/mol. The number of aliphatic hydroxyl groups excluding tert-OH is 1. The molecule has 0 radical (unpaired) electrons. The second-order valence-electron chi connectivity index (χ2n) is 5.00. The van der Waals surface area contributed by atoms with E-state index in [0.717, 1.165) is 5.56 Å². The summed E-state index contributed by atoms with van der Waals surface area (Å²) in [5.41, 5.74) is 1.09. The molecule has 2 rings (SSSR count). The number of alkyl halides is 2. The van der Waals surface area contributed by atoms with Gasteiger partial charge in [0.1, 0.15) is 0 Å². The molecule has 1 aliphatic heterocycles. The summed E-state index contributed by atoms with van der Waals surface area (Å²) in [6, 6.07) is 9.60. The summed E-state index contributed by atoms with van der Waals surface area (Å²) in [5, 5.41) is 11.9. The highest BCUT2D eigenvalue weighted by Gasteiger charge is 2.31. The van der Waals surface area contributed by atoms with Gasteiger partial charge in [0, 0.05) is 25.7 Å². The molecule has 2 atom stereocenters. The lowest BCUT2D eigenvalue weighted by atomic mass is 10.1. The van der Waals surface area contributed by atoms with E-state index in [1.165, 1.54) is 0 Å². The van der Waals surface area contributed by atoms with Crippen LogP contribution in [-0.2, 0) is 11.3 Å². The van der Waals surface area contributed by atoms with Crippen molar-refractivity contribution in [2.75, 3.05) is 13.1 Å². The number of carbonyl (C=O) groups excluding carboxylic acids is 1. The summed E-state index contributed by atoms with van der Waals surface area (Å²) in [6.45, 7) is 1.25. The van der Waals surface area contributed by atoms with Crippen LogP contribution in [0.1, 0.15) is 12.0 Å². The number of amides is 1. The van der Waals surface area contributed by atoms with Gasteiger partial charge in [-0.1, -0.05) is 30.3 Å². The Hall–Kier alpha value is -1.53. The number of hydrogen-bond donors (Lipinski definition) is 2. The summed E-state index contributed by atoms with van der Waals surface area (Å²) >= 11 is 0. The van der Waals surface area contributed by atoms with Gasteiger partial charge in [-0.25, -0.2) is 0 Å². The minimum atomic E-state index is -3.00. The summed E-state index contributed by atoms with van der Waals surface area (Å²) in [5.74, 6) is -1.26. The molecule has 0 aliphatic carbocycles. The molecule has 0 bridgehead atoms. The molecule has 1 aromatic carbocycles. The first-order chi connectivity index (χ1) is 9.56. The van der Waals surface area contributed by atoms with Crippen molar-refractivity contribution in [3.05, 3.63) is 35.9 Å². The van der Waals surface area contributed by atoms with Crippen molar-refractivity contribution in [1.29, 1.82) is 0 Å². The third kappa shape index (κ3) is 3.98. The van der Waals surface area contributed by atoms with E-state index in [1.54, 1.807) is 0 Å². The number of likely N-dealkylation sites (tertiary alicyclic amines) is 1. The summed E-state index contributed by atoms with van der Waals surface area (Å²) in [7, 11) is 0. The molecule has 2 N–H and O–H groups in total. The van der Waals surface area contributed by atoms with Crippen LogP contribution in [0.3, 0.4) is 0 Å². The van der Waals surface area contributed by atoms with E-state index in [4.69, 9.17) is 0 Å². The lowest BCUT2D eigenvalue weighted by Crippen LogP contribution is -2.41. The van der Waals surface area contributed by atoms with Crippen LogP contribution in [-0.4, -0.2) is 47.6 Å². The molecule has 0 unspecified atom stereocenters. The highest BCUT2D eigenvalue weighted by atomic mass is 19.3. The largest absolute Gasteiger partial charge is 0.392 e. The van der Waals surface area contributed by atoms with Gasteiger partial charge in [0.2, 0.25) is 0 Å². The fourth-order valence-electron chi connectivity index (χ4n) is 2.48. The minimum absolute atomic E-state index is 0.118. The van der Waals surface area contributed by atoms with E-state index in [2.05, 4.69) is 5.32 Å². The van der Waals surface area contributed by atoms with E-state index in [9.17, 15) is 18.7 Å².